The van der Waals surface area contributed by atoms with Crippen molar-refractivity contribution >= 4 is 29.1 Å². The maximum atomic E-state index is 14.3. The fraction of sp³-hybridized carbons (Fsp3) is 0.333. The maximum Gasteiger partial charge on any atom is 0.328 e. The highest BCUT2D eigenvalue weighted by Gasteiger charge is 2.92. The number of halogens is 1. The van der Waals surface area contributed by atoms with Crippen molar-refractivity contribution in [1.29, 1.82) is 0 Å². The molecule has 0 radical (unpaired) electrons. The van der Waals surface area contributed by atoms with Crippen LogP contribution in [0.3, 0.4) is 0 Å². The summed E-state index contributed by atoms with van der Waals surface area (Å²) in [4.78, 5) is 44.4. The third-order valence-electron chi connectivity index (χ3n) is 9.12. The molecule has 6 rings (SSSR count). The number of aliphatic carboxylic acids is 1. The number of para-hydroxylation sites is 1. The number of Topliss-reactive ketones (excluding diaryl/α,β-unsaturated/α-hetero) is 1. The number of carboxylic acid groups (broad SMARTS) is 1. The van der Waals surface area contributed by atoms with Gasteiger partial charge in [-0.25, -0.2) is 9.18 Å². The van der Waals surface area contributed by atoms with Crippen molar-refractivity contribution < 1.29 is 23.9 Å². The Labute approximate surface area is 238 Å². The molecule has 6 atom stereocenters. The lowest BCUT2D eigenvalue weighted by molar-refractivity contribution is -0.139. The number of aliphatic imine (C=N–C) groups is 1. The molecule has 3 aromatic rings. The highest BCUT2D eigenvalue weighted by Crippen LogP contribution is 2.83. The molecule has 1 amide bonds. The average Bonchev–Trinajstić information content (AvgIpc) is 3.75. The molecule has 210 valence electrons. The van der Waals surface area contributed by atoms with E-state index in [9.17, 15) is 23.9 Å². The van der Waals surface area contributed by atoms with Crippen LogP contribution in [0.25, 0.3) is 0 Å². The number of hydrogen-bond donors (Lipinski definition) is 2. The summed E-state index contributed by atoms with van der Waals surface area (Å²) in [6.07, 6.45) is -0.650. The largest absolute Gasteiger partial charge is 0.480 e. The molecule has 3 fully saturated rings. The summed E-state index contributed by atoms with van der Waals surface area (Å²) in [6, 6.07) is 25.0. The summed E-state index contributed by atoms with van der Waals surface area (Å²) in [5.74, 6) is -1.77. The Kier molecular flexibility index (Phi) is 6.82. The summed E-state index contributed by atoms with van der Waals surface area (Å²) in [6.45, 7) is 2.81. The highest BCUT2D eigenvalue weighted by atomic mass is 18.2. The minimum Gasteiger partial charge on any atom is -0.480 e. The van der Waals surface area contributed by atoms with Crippen molar-refractivity contribution in [3.05, 3.63) is 102 Å². The molecule has 0 aromatic heterocycles. The normalized spacial score (nSPS) is 27.2. The molecule has 1 saturated heterocycles. The number of benzene rings is 3. The predicted molar refractivity (Wildman–Crippen MR) is 154 cm³/mol. The average molecular weight is 553 g/mol. The number of hydrogen-bond acceptors (Lipinski definition) is 5. The van der Waals surface area contributed by atoms with Gasteiger partial charge in [-0.3, -0.25) is 19.5 Å². The van der Waals surface area contributed by atoms with Crippen LogP contribution in [-0.2, 0) is 20.9 Å². The molecule has 2 aliphatic carbocycles. The number of nitrogens with zero attached hydrogens (tertiary/aromatic N) is 2. The van der Waals surface area contributed by atoms with Gasteiger partial charge in [0.25, 0.3) is 0 Å². The van der Waals surface area contributed by atoms with Crippen molar-refractivity contribution in [2.45, 2.75) is 50.5 Å². The van der Waals surface area contributed by atoms with E-state index in [1.54, 1.807) is 48.5 Å². The summed E-state index contributed by atoms with van der Waals surface area (Å²) < 4.78 is 14.3. The van der Waals surface area contributed by atoms with Crippen LogP contribution in [0.15, 0.2) is 89.9 Å². The monoisotopic (exact) mass is 552 g/mol. The van der Waals surface area contributed by atoms with Gasteiger partial charge < -0.3 is 10.4 Å². The van der Waals surface area contributed by atoms with Crippen LogP contribution in [0.2, 0.25) is 0 Å². The molecule has 2 N–H and O–H groups in total. The van der Waals surface area contributed by atoms with Gasteiger partial charge in [-0.05, 0) is 37.3 Å². The number of nitrogens with one attached hydrogen (secondary N) is 1. The Hall–Kier alpha value is -4.17. The lowest BCUT2D eigenvalue weighted by atomic mass is 9.83. The third-order valence-corrected chi connectivity index (χ3v) is 9.12. The Bertz CT molecular complexity index is 1530. The van der Waals surface area contributed by atoms with Crippen molar-refractivity contribution in [3.63, 3.8) is 0 Å². The third kappa shape index (κ3) is 4.56. The van der Waals surface area contributed by atoms with E-state index in [-0.39, 0.29) is 11.4 Å². The van der Waals surface area contributed by atoms with E-state index in [0.717, 1.165) is 32.9 Å². The standard InChI is InChI=1S/C33H32FN3O4/c1-21(38)25(34)18-27(30(39)40)35-29(23-12-6-3-7-13-23)24-14-8-9-15-26(24)36-31(41)32-17-16-28(32)33(32)20-37(33)19-22-10-4-2-5-11-22/h2-15,25,27-28H,16-20H2,1H3,(H,36,41)(H,39,40)/i34-1. The minimum atomic E-state index is -1.94. The molecule has 3 aromatic carbocycles. The van der Waals surface area contributed by atoms with Crippen molar-refractivity contribution in [2.75, 3.05) is 11.9 Å². The van der Waals surface area contributed by atoms with Crippen LogP contribution in [0.1, 0.15) is 42.9 Å². The molecule has 0 bridgehead atoms. The van der Waals surface area contributed by atoms with Gasteiger partial charge in [-0.15, -0.1) is 0 Å². The van der Waals surface area contributed by atoms with Gasteiger partial charge in [0.2, 0.25) is 5.91 Å². The molecule has 7 nitrogen and oxygen atoms in total. The van der Waals surface area contributed by atoms with Gasteiger partial charge in [0, 0.05) is 30.6 Å². The summed E-state index contributed by atoms with van der Waals surface area (Å²) in [7, 11) is 0. The number of carbonyl (C=O) groups excluding carboxylic acids is 2. The first kappa shape index (κ1) is 27.0. The Morgan fingerprint density at radius 3 is 2.32 bits per heavy atom. The van der Waals surface area contributed by atoms with E-state index in [1.807, 2.05) is 24.3 Å². The van der Waals surface area contributed by atoms with Crippen LogP contribution in [0, 0.1) is 11.3 Å². The first-order chi connectivity index (χ1) is 19.8. The predicted octanol–water partition coefficient (Wildman–Crippen LogP) is 4.90. The van der Waals surface area contributed by atoms with Crippen molar-refractivity contribution in [3.8, 4) is 0 Å². The van der Waals surface area contributed by atoms with Gasteiger partial charge in [-0.2, -0.15) is 0 Å². The second-order valence-corrected chi connectivity index (χ2v) is 11.3. The number of alkyl halides is 1. The number of ketones is 1. The zero-order chi connectivity index (χ0) is 28.8. The molecule has 1 spiro atoms. The number of amides is 1. The molecular formula is C33H32FN3O4. The van der Waals surface area contributed by atoms with Crippen LogP contribution in [-0.4, -0.2) is 57.7 Å². The SMILES string of the molecule is CC(=O)C([18F])CC(N=C(c1ccccc1)c1ccccc1NC(=O)C12CCC1C21CN1Cc1ccccc1)C(=O)O. The Morgan fingerprint density at radius 1 is 1.02 bits per heavy atom. The topological polar surface area (TPSA) is 98.8 Å². The first-order valence-corrected chi connectivity index (χ1v) is 14.0. The molecular weight excluding hydrogens is 520 g/mol. The smallest absolute Gasteiger partial charge is 0.328 e. The fourth-order valence-corrected chi connectivity index (χ4v) is 6.84. The lowest BCUT2D eigenvalue weighted by Gasteiger charge is -2.25. The fourth-order valence-electron chi connectivity index (χ4n) is 6.84. The van der Waals surface area contributed by atoms with Gasteiger partial charge in [0.1, 0.15) is 0 Å². The number of fused-ring (bicyclic) bond motifs is 3. The number of rotatable bonds is 11. The molecule has 8 heteroatoms. The van der Waals surface area contributed by atoms with Crippen molar-refractivity contribution in [1.82, 2.24) is 4.90 Å². The van der Waals surface area contributed by atoms with Crippen molar-refractivity contribution in [2.24, 2.45) is 16.3 Å². The minimum absolute atomic E-state index is 0.0284. The Morgan fingerprint density at radius 2 is 1.68 bits per heavy atom. The van der Waals surface area contributed by atoms with Gasteiger partial charge in [0.05, 0.1) is 22.4 Å². The quantitative estimate of drug-likeness (QED) is 0.261. The zero-order valence-corrected chi connectivity index (χ0v) is 22.8. The van der Waals surface area contributed by atoms with Crippen LogP contribution >= 0.6 is 0 Å². The van der Waals surface area contributed by atoms with Crippen LogP contribution in [0.5, 0.6) is 0 Å². The number of anilines is 1. The van der Waals surface area contributed by atoms with E-state index in [2.05, 4.69) is 27.3 Å². The van der Waals surface area contributed by atoms with Crippen LogP contribution < -0.4 is 5.32 Å². The highest BCUT2D eigenvalue weighted by molar-refractivity contribution is 6.18. The van der Waals surface area contributed by atoms with Gasteiger partial charge in [0.15, 0.2) is 18.0 Å². The second-order valence-electron chi connectivity index (χ2n) is 11.3. The van der Waals surface area contributed by atoms with Gasteiger partial charge >= 0.3 is 5.97 Å². The number of carbonyl (C=O) groups is 3. The Balaban J connectivity index is 1.29. The lowest BCUT2D eigenvalue weighted by Crippen LogP contribution is -2.34. The van der Waals surface area contributed by atoms with E-state index in [4.69, 9.17) is 0 Å². The molecule has 1 aliphatic heterocycles. The maximum absolute atomic E-state index is 14.3. The van der Waals surface area contributed by atoms with E-state index >= 15 is 0 Å². The summed E-state index contributed by atoms with van der Waals surface area (Å²) >= 11 is 0. The molecule has 1 heterocycles. The van der Waals surface area contributed by atoms with E-state index in [0.29, 0.717) is 28.4 Å². The summed E-state index contributed by atoms with van der Waals surface area (Å²) in [5.41, 5.74) is 2.71. The molecule has 41 heavy (non-hydrogen) atoms. The molecule has 3 aliphatic rings. The first-order valence-electron chi connectivity index (χ1n) is 14.0. The second kappa shape index (κ2) is 10.3. The van der Waals surface area contributed by atoms with E-state index in [1.165, 1.54) is 5.56 Å². The summed E-state index contributed by atoms with van der Waals surface area (Å²) in [5, 5.41) is 13.0. The molecule has 6 unspecified atom stereocenters. The zero-order valence-electron chi connectivity index (χ0n) is 22.8. The number of carboxylic acids is 1. The van der Waals surface area contributed by atoms with Crippen LogP contribution in [0.4, 0.5) is 10.1 Å². The van der Waals surface area contributed by atoms with E-state index < -0.39 is 35.8 Å². The molecule has 2 saturated carbocycles. The van der Waals surface area contributed by atoms with Gasteiger partial charge in [-0.1, -0.05) is 78.9 Å².